The van der Waals surface area contributed by atoms with E-state index in [1.54, 1.807) is 18.2 Å². The summed E-state index contributed by atoms with van der Waals surface area (Å²) in [6.07, 6.45) is -1.09. The van der Waals surface area contributed by atoms with Gasteiger partial charge in [0.1, 0.15) is 35.3 Å². The lowest BCUT2D eigenvalue weighted by Crippen LogP contribution is -2.47. The monoisotopic (exact) mass is 618 g/mol. The molecule has 44 heavy (non-hydrogen) atoms. The number of sulfonamides is 1. The molecule has 0 spiro atoms. The Morgan fingerprint density at radius 1 is 0.955 bits per heavy atom. The van der Waals surface area contributed by atoms with Gasteiger partial charge in [0.15, 0.2) is 0 Å². The normalized spacial score (nSPS) is 20.6. The molecule has 0 radical (unpaired) electrons. The van der Waals surface area contributed by atoms with Crippen molar-refractivity contribution in [3.05, 3.63) is 114 Å². The van der Waals surface area contributed by atoms with Crippen molar-refractivity contribution in [3.8, 4) is 17.2 Å². The largest absolute Gasteiger partial charge is 0.487 e. The molecule has 0 unspecified atom stereocenters. The van der Waals surface area contributed by atoms with Gasteiger partial charge in [-0.15, -0.1) is 0 Å². The van der Waals surface area contributed by atoms with Crippen molar-refractivity contribution >= 4 is 21.6 Å². The van der Waals surface area contributed by atoms with Gasteiger partial charge >= 0.3 is 0 Å². The molecule has 4 aromatic carbocycles. The van der Waals surface area contributed by atoms with Crippen LogP contribution < -0.4 is 19.5 Å². The number of halogens is 1. The van der Waals surface area contributed by atoms with E-state index in [0.29, 0.717) is 30.2 Å². The first kappa shape index (κ1) is 29.6. The van der Waals surface area contributed by atoms with Gasteiger partial charge in [-0.1, -0.05) is 30.3 Å². The summed E-state index contributed by atoms with van der Waals surface area (Å²) in [5.41, 5.74) is 1.99. The van der Waals surface area contributed by atoms with Crippen LogP contribution in [0.5, 0.6) is 17.2 Å². The van der Waals surface area contributed by atoms with Crippen molar-refractivity contribution < 1.29 is 36.9 Å². The number of hydrogen-bond acceptors (Lipinski definition) is 7. The number of aliphatic hydroxyl groups excluding tert-OH is 1. The fourth-order valence-electron chi connectivity index (χ4n) is 5.56. The van der Waals surface area contributed by atoms with Crippen LogP contribution in [0, 0.1) is 5.82 Å². The highest BCUT2D eigenvalue weighted by molar-refractivity contribution is 7.92. The maximum Gasteiger partial charge on any atom is 0.261 e. The molecule has 4 aromatic rings. The van der Waals surface area contributed by atoms with Gasteiger partial charge in [0.25, 0.3) is 10.0 Å². The molecule has 1 saturated heterocycles. The SMILES string of the molecule is O=C(C[C@@H]1C[C@H]2c3cc(NS(=O)(=O)c4ccc(F)cc4)ccc3O[C@H]2[C@@H](CO)O1)NCc1ccc(Oc2ccccc2)cc1. The zero-order valence-corrected chi connectivity index (χ0v) is 24.4. The Morgan fingerprint density at radius 2 is 1.68 bits per heavy atom. The van der Waals surface area contributed by atoms with Gasteiger partial charge in [-0.05, 0) is 78.7 Å². The minimum atomic E-state index is -3.95. The number of para-hydroxylation sites is 1. The molecule has 0 bridgehead atoms. The standard InChI is InChI=1S/C33H31FN2O7S/c34-22-8-13-27(14-9-22)44(39,40)36-23-10-15-30-28(16-23)29-17-26(42-31(20-37)33(29)43-30)18-32(38)35-19-21-6-11-25(12-7-21)41-24-4-2-1-3-5-24/h1-16,26,29,31,33,36-37H,17-20H2,(H,35,38)/t26-,29-,31+,33+/m0/s1. The summed E-state index contributed by atoms with van der Waals surface area (Å²) in [6, 6.07) is 26.4. The van der Waals surface area contributed by atoms with Gasteiger partial charge in [0.2, 0.25) is 5.91 Å². The van der Waals surface area contributed by atoms with Gasteiger partial charge in [0.05, 0.1) is 24.0 Å². The molecule has 0 aromatic heterocycles. The predicted molar refractivity (Wildman–Crippen MR) is 161 cm³/mol. The van der Waals surface area contributed by atoms with Gasteiger partial charge in [0, 0.05) is 23.7 Å². The molecule has 1 fully saturated rings. The Hall–Kier alpha value is -4.45. The van der Waals surface area contributed by atoms with Crippen LogP contribution in [0.15, 0.2) is 102 Å². The van der Waals surface area contributed by atoms with E-state index < -0.39 is 34.2 Å². The van der Waals surface area contributed by atoms with E-state index >= 15 is 0 Å². The minimum Gasteiger partial charge on any atom is -0.487 e. The van der Waals surface area contributed by atoms with Gasteiger partial charge in [-0.25, -0.2) is 12.8 Å². The van der Waals surface area contributed by atoms with Gasteiger partial charge < -0.3 is 24.6 Å². The Labute approximate surface area is 254 Å². The molecule has 4 atom stereocenters. The number of amides is 1. The molecule has 2 aliphatic rings. The van der Waals surface area contributed by atoms with E-state index in [1.807, 2.05) is 54.6 Å². The fraction of sp³-hybridized carbons (Fsp3) is 0.242. The molecule has 0 aliphatic carbocycles. The number of nitrogens with one attached hydrogen (secondary N) is 2. The van der Waals surface area contributed by atoms with Gasteiger partial charge in [-0.2, -0.15) is 0 Å². The first-order chi connectivity index (χ1) is 21.3. The van der Waals surface area contributed by atoms with Crippen LogP contribution in [0.25, 0.3) is 0 Å². The Balaban J connectivity index is 1.08. The van der Waals surface area contributed by atoms with Crippen LogP contribution >= 0.6 is 0 Å². The molecule has 2 heterocycles. The lowest BCUT2D eigenvalue weighted by Gasteiger charge is -2.37. The zero-order valence-electron chi connectivity index (χ0n) is 23.6. The minimum absolute atomic E-state index is 0.0672. The lowest BCUT2D eigenvalue weighted by molar-refractivity contribution is -0.142. The summed E-state index contributed by atoms with van der Waals surface area (Å²) >= 11 is 0. The van der Waals surface area contributed by atoms with Crippen LogP contribution in [-0.2, 0) is 26.1 Å². The maximum absolute atomic E-state index is 13.3. The maximum atomic E-state index is 13.3. The average Bonchev–Trinajstić information content (AvgIpc) is 3.39. The molecule has 3 N–H and O–H groups in total. The first-order valence-corrected chi connectivity index (χ1v) is 15.7. The van der Waals surface area contributed by atoms with Crippen molar-refractivity contribution in [2.45, 2.75) is 48.5 Å². The number of fused-ring (bicyclic) bond motifs is 3. The molecule has 11 heteroatoms. The summed E-state index contributed by atoms with van der Waals surface area (Å²) in [5.74, 6) is 1.04. The van der Waals surface area contributed by atoms with Crippen molar-refractivity contribution in [1.29, 1.82) is 0 Å². The summed E-state index contributed by atoms with van der Waals surface area (Å²) < 4.78 is 59.5. The first-order valence-electron chi connectivity index (χ1n) is 14.2. The van der Waals surface area contributed by atoms with E-state index in [1.165, 1.54) is 12.1 Å². The highest BCUT2D eigenvalue weighted by atomic mass is 32.2. The quantitative estimate of drug-likeness (QED) is 0.226. The third-order valence-corrected chi connectivity index (χ3v) is 9.08. The second-order valence-corrected chi connectivity index (χ2v) is 12.4. The van der Waals surface area contributed by atoms with Crippen LogP contribution in [0.4, 0.5) is 10.1 Å². The van der Waals surface area contributed by atoms with Gasteiger partial charge in [-0.3, -0.25) is 9.52 Å². The Morgan fingerprint density at radius 3 is 2.41 bits per heavy atom. The number of hydrogen-bond donors (Lipinski definition) is 3. The number of carbonyl (C=O) groups excluding carboxylic acids is 1. The third kappa shape index (κ3) is 6.70. The second kappa shape index (κ2) is 12.7. The predicted octanol–water partition coefficient (Wildman–Crippen LogP) is 5.12. The number of carbonyl (C=O) groups is 1. The van der Waals surface area contributed by atoms with Crippen molar-refractivity contribution in [2.24, 2.45) is 0 Å². The number of ether oxygens (including phenoxy) is 3. The summed E-state index contributed by atoms with van der Waals surface area (Å²) in [4.78, 5) is 12.8. The highest BCUT2D eigenvalue weighted by Crippen LogP contribution is 2.47. The van der Waals surface area contributed by atoms with Crippen LogP contribution in [0.3, 0.4) is 0 Å². The van der Waals surface area contributed by atoms with E-state index in [4.69, 9.17) is 14.2 Å². The number of benzene rings is 4. The molecule has 228 valence electrons. The van der Waals surface area contributed by atoms with Crippen molar-refractivity contribution in [2.75, 3.05) is 11.3 Å². The Bertz CT molecular complexity index is 1720. The topological polar surface area (TPSA) is 123 Å². The van der Waals surface area contributed by atoms with E-state index in [2.05, 4.69) is 10.0 Å². The van der Waals surface area contributed by atoms with E-state index in [-0.39, 0.29) is 29.7 Å². The molecular formula is C33H31FN2O7S. The van der Waals surface area contributed by atoms with E-state index in [9.17, 15) is 22.7 Å². The fourth-order valence-corrected chi connectivity index (χ4v) is 6.61. The zero-order chi connectivity index (χ0) is 30.7. The third-order valence-electron chi connectivity index (χ3n) is 7.68. The van der Waals surface area contributed by atoms with Crippen LogP contribution in [0.1, 0.15) is 29.9 Å². The van der Waals surface area contributed by atoms with E-state index in [0.717, 1.165) is 29.0 Å². The van der Waals surface area contributed by atoms with Crippen LogP contribution in [0.2, 0.25) is 0 Å². The molecule has 6 rings (SSSR count). The van der Waals surface area contributed by atoms with Crippen molar-refractivity contribution in [3.63, 3.8) is 0 Å². The molecule has 2 aliphatic heterocycles. The average molecular weight is 619 g/mol. The molecule has 1 amide bonds. The summed E-state index contributed by atoms with van der Waals surface area (Å²) in [5, 5.41) is 13.0. The number of aliphatic hydroxyl groups is 1. The Kier molecular flexibility index (Phi) is 8.51. The molecule has 0 saturated carbocycles. The second-order valence-electron chi connectivity index (χ2n) is 10.8. The number of rotatable bonds is 10. The van der Waals surface area contributed by atoms with Crippen LogP contribution in [-0.4, -0.2) is 44.4 Å². The molecular weight excluding hydrogens is 587 g/mol. The molecule has 9 nitrogen and oxygen atoms in total. The number of anilines is 1. The smallest absolute Gasteiger partial charge is 0.261 e. The lowest BCUT2D eigenvalue weighted by atomic mass is 9.84. The summed E-state index contributed by atoms with van der Waals surface area (Å²) in [6.45, 7) is 0.0326. The van der Waals surface area contributed by atoms with Crippen molar-refractivity contribution in [1.82, 2.24) is 5.32 Å². The highest BCUT2D eigenvalue weighted by Gasteiger charge is 2.46. The summed E-state index contributed by atoms with van der Waals surface area (Å²) in [7, 11) is -3.95.